The van der Waals surface area contributed by atoms with E-state index in [2.05, 4.69) is 22.9 Å². The lowest BCUT2D eigenvalue weighted by atomic mass is 9.97. The molecule has 1 aromatic carbocycles. The first-order chi connectivity index (χ1) is 7.17. The molecule has 3 heteroatoms. The predicted octanol–water partition coefficient (Wildman–Crippen LogP) is 5.35. The van der Waals surface area contributed by atoms with Crippen LogP contribution in [0.3, 0.4) is 0 Å². The molecule has 1 aromatic rings. The summed E-state index contributed by atoms with van der Waals surface area (Å²) in [5, 5.41) is 2.60. The van der Waals surface area contributed by atoms with E-state index >= 15 is 0 Å². The predicted molar refractivity (Wildman–Crippen MR) is 72.4 cm³/mol. The molecule has 0 aliphatic carbocycles. The van der Waals surface area contributed by atoms with Crippen molar-refractivity contribution >= 4 is 39.1 Å². The molecule has 0 heterocycles. The molecule has 1 atom stereocenters. The molecule has 0 bridgehead atoms. The number of halogens is 3. The van der Waals surface area contributed by atoms with Crippen LogP contribution in [0.1, 0.15) is 25.3 Å². The van der Waals surface area contributed by atoms with Gasteiger partial charge in [0.05, 0.1) is 0 Å². The van der Waals surface area contributed by atoms with Gasteiger partial charge in [-0.1, -0.05) is 52.5 Å². The van der Waals surface area contributed by atoms with Crippen LogP contribution >= 0.6 is 39.1 Å². The number of hydrogen-bond acceptors (Lipinski definition) is 0. The average Bonchev–Trinajstić information content (AvgIpc) is 2.22. The minimum absolute atomic E-state index is 0.644. The van der Waals surface area contributed by atoms with E-state index in [1.165, 1.54) is 12.8 Å². The van der Waals surface area contributed by atoms with Gasteiger partial charge in [0.2, 0.25) is 0 Å². The lowest BCUT2D eigenvalue weighted by Gasteiger charge is -2.14. The van der Waals surface area contributed by atoms with Gasteiger partial charge >= 0.3 is 0 Å². The van der Waals surface area contributed by atoms with E-state index in [1.54, 1.807) is 0 Å². The average molecular weight is 310 g/mol. The summed E-state index contributed by atoms with van der Waals surface area (Å²) in [4.78, 5) is 0. The molecule has 1 rings (SSSR count). The van der Waals surface area contributed by atoms with Crippen LogP contribution in [0, 0.1) is 5.92 Å². The SMILES string of the molecule is CCCC(CBr)Cc1cc(Cl)ccc1Cl. The zero-order valence-corrected chi connectivity index (χ0v) is 11.9. The summed E-state index contributed by atoms with van der Waals surface area (Å²) < 4.78 is 0. The van der Waals surface area contributed by atoms with Gasteiger partial charge in [0.25, 0.3) is 0 Å². The second kappa shape index (κ2) is 6.78. The van der Waals surface area contributed by atoms with Crippen LogP contribution in [-0.2, 0) is 6.42 Å². The quantitative estimate of drug-likeness (QED) is 0.643. The largest absolute Gasteiger partial charge is 0.0925 e. The normalized spacial score (nSPS) is 12.8. The number of hydrogen-bond donors (Lipinski definition) is 0. The van der Waals surface area contributed by atoms with E-state index in [1.807, 2.05) is 18.2 Å². The second-order valence-electron chi connectivity index (χ2n) is 3.75. The number of alkyl halides is 1. The number of rotatable bonds is 5. The first-order valence-corrected chi connectivity index (χ1v) is 7.05. The third-order valence-corrected chi connectivity index (χ3v) is 3.95. The summed E-state index contributed by atoms with van der Waals surface area (Å²) in [5.74, 6) is 0.644. The van der Waals surface area contributed by atoms with Gasteiger partial charge in [-0.3, -0.25) is 0 Å². The highest BCUT2D eigenvalue weighted by molar-refractivity contribution is 9.09. The fraction of sp³-hybridized carbons (Fsp3) is 0.500. The molecule has 0 fully saturated rings. The third kappa shape index (κ3) is 4.34. The first-order valence-electron chi connectivity index (χ1n) is 5.17. The highest BCUT2D eigenvalue weighted by atomic mass is 79.9. The highest BCUT2D eigenvalue weighted by Gasteiger charge is 2.10. The van der Waals surface area contributed by atoms with Crippen molar-refractivity contribution in [3.63, 3.8) is 0 Å². The Bertz CT molecular complexity index is 312. The van der Waals surface area contributed by atoms with E-state index in [4.69, 9.17) is 23.2 Å². The zero-order chi connectivity index (χ0) is 11.3. The molecular weight excluding hydrogens is 295 g/mol. The molecule has 0 spiro atoms. The monoisotopic (exact) mass is 308 g/mol. The highest BCUT2D eigenvalue weighted by Crippen LogP contribution is 2.25. The van der Waals surface area contributed by atoms with Gasteiger partial charge in [-0.05, 0) is 42.5 Å². The minimum atomic E-state index is 0.644. The van der Waals surface area contributed by atoms with E-state index in [0.29, 0.717) is 5.92 Å². The fourth-order valence-corrected chi connectivity index (χ4v) is 2.59. The molecule has 0 N–H and O–H groups in total. The van der Waals surface area contributed by atoms with E-state index in [-0.39, 0.29) is 0 Å². The first kappa shape index (κ1) is 13.3. The Morgan fingerprint density at radius 2 is 2.07 bits per heavy atom. The third-order valence-electron chi connectivity index (χ3n) is 2.43. The van der Waals surface area contributed by atoms with E-state index in [0.717, 1.165) is 27.4 Å². The summed E-state index contributed by atoms with van der Waals surface area (Å²) in [6.45, 7) is 2.20. The maximum atomic E-state index is 6.12. The van der Waals surface area contributed by atoms with Gasteiger partial charge in [0, 0.05) is 15.4 Å². The molecule has 84 valence electrons. The molecule has 0 amide bonds. The Hall–Kier alpha value is 0.280. The van der Waals surface area contributed by atoms with E-state index in [9.17, 15) is 0 Å². The maximum Gasteiger partial charge on any atom is 0.0439 e. The van der Waals surface area contributed by atoms with Crippen molar-refractivity contribution < 1.29 is 0 Å². The van der Waals surface area contributed by atoms with Crippen LogP contribution in [0.4, 0.5) is 0 Å². The molecule has 1 unspecified atom stereocenters. The summed E-state index contributed by atoms with van der Waals surface area (Å²) in [5.41, 5.74) is 1.15. The molecule has 0 aromatic heterocycles. The molecule has 0 radical (unpaired) electrons. The second-order valence-corrected chi connectivity index (χ2v) is 5.24. The topological polar surface area (TPSA) is 0 Å². The Morgan fingerprint density at radius 1 is 1.33 bits per heavy atom. The van der Waals surface area contributed by atoms with Crippen molar-refractivity contribution in [2.75, 3.05) is 5.33 Å². The van der Waals surface area contributed by atoms with Gasteiger partial charge in [0.15, 0.2) is 0 Å². The lowest BCUT2D eigenvalue weighted by molar-refractivity contribution is 0.534. The molecule has 0 aliphatic heterocycles. The van der Waals surface area contributed by atoms with Crippen molar-refractivity contribution in [2.45, 2.75) is 26.2 Å². The van der Waals surface area contributed by atoms with Crippen LogP contribution in [0.5, 0.6) is 0 Å². The fourth-order valence-electron chi connectivity index (χ4n) is 1.65. The number of benzene rings is 1. The van der Waals surface area contributed by atoms with Crippen molar-refractivity contribution in [1.82, 2.24) is 0 Å². The molecule has 0 aliphatic rings. The van der Waals surface area contributed by atoms with Crippen LogP contribution in [0.25, 0.3) is 0 Å². The van der Waals surface area contributed by atoms with Crippen molar-refractivity contribution in [3.05, 3.63) is 33.8 Å². The molecule has 0 saturated heterocycles. The lowest BCUT2D eigenvalue weighted by Crippen LogP contribution is -2.06. The van der Waals surface area contributed by atoms with Gasteiger partial charge < -0.3 is 0 Å². The van der Waals surface area contributed by atoms with Gasteiger partial charge in [0.1, 0.15) is 0 Å². The van der Waals surface area contributed by atoms with Crippen molar-refractivity contribution in [2.24, 2.45) is 5.92 Å². The summed E-state index contributed by atoms with van der Waals surface area (Å²) in [6, 6.07) is 5.67. The molecule has 0 saturated carbocycles. The molecule has 0 nitrogen and oxygen atoms in total. The maximum absolute atomic E-state index is 6.12. The molecule has 15 heavy (non-hydrogen) atoms. The Balaban J connectivity index is 2.73. The summed E-state index contributed by atoms with van der Waals surface area (Å²) in [7, 11) is 0. The minimum Gasteiger partial charge on any atom is -0.0925 e. The van der Waals surface area contributed by atoms with Gasteiger partial charge in [-0.2, -0.15) is 0 Å². The zero-order valence-electron chi connectivity index (χ0n) is 8.77. The van der Waals surface area contributed by atoms with Crippen LogP contribution in [0.15, 0.2) is 18.2 Å². The Labute approximate surface area is 110 Å². The van der Waals surface area contributed by atoms with Crippen molar-refractivity contribution in [3.8, 4) is 0 Å². The van der Waals surface area contributed by atoms with Crippen molar-refractivity contribution in [1.29, 1.82) is 0 Å². The van der Waals surface area contributed by atoms with Gasteiger partial charge in [-0.25, -0.2) is 0 Å². The summed E-state index contributed by atoms with van der Waals surface area (Å²) in [6.07, 6.45) is 3.42. The van der Waals surface area contributed by atoms with Crippen LogP contribution in [-0.4, -0.2) is 5.33 Å². The standard InChI is InChI=1S/C12H15BrCl2/c1-2-3-9(8-13)6-10-7-11(14)4-5-12(10)15/h4-5,7,9H,2-3,6,8H2,1H3. The Morgan fingerprint density at radius 3 is 2.67 bits per heavy atom. The van der Waals surface area contributed by atoms with Gasteiger partial charge in [-0.15, -0.1) is 0 Å². The Kier molecular flexibility index (Phi) is 6.03. The van der Waals surface area contributed by atoms with Crippen LogP contribution in [0.2, 0.25) is 10.0 Å². The summed E-state index contributed by atoms with van der Waals surface area (Å²) >= 11 is 15.6. The van der Waals surface area contributed by atoms with Crippen LogP contribution < -0.4 is 0 Å². The smallest absolute Gasteiger partial charge is 0.0439 e. The van der Waals surface area contributed by atoms with E-state index < -0.39 is 0 Å². The molecular formula is C12H15BrCl2.